The van der Waals surface area contributed by atoms with Crippen molar-refractivity contribution in [3.63, 3.8) is 0 Å². The van der Waals surface area contributed by atoms with Gasteiger partial charge in [0.1, 0.15) is 12.4 Å². The molecule has 1 aliphatic heterocycles. The van der Waals surface area contributed by atoms with Gasteiger partial charge >= 0.3 is 5.97 Å². The Morgan fingerprint density at radius 1 is 1.38 bits per heavy atom. The molecule has 3 aromatic rings. The van der Waals surface area contributed by atoms with E-state index < -0.39 is 5.97 Å². The van der Waals surface area contributed by atoms with Crippen LogP contribution in [0.5, 0.6) is 11.6 Å². The van der Waals surface area contributed by atoms with E-state index in [1.54, 1.807) is 13.1 Å². The lowest BCUT2D eigenvalue weighted by Gasteiger charge is -2.25. The quantitative estimate of drug-likeness (QED) is 0.628. The zero-order valence-corrected chi connectivity index (χ0v) is 16.3. The van der Waals surface area contributed by atoms with Crippen LogP contribution >= 0.6 is 0 Å². The highest BCUT2D eigenvalue weighted by molar-refractivity contribution is 5.91. The molecule has 150 valence electrons. The van der Waals surface area contributed by atoms with Crippen LogP contribution in [-0.2, 0) is 24.1 Å². The van der Waals surface area contributed by atoms with Gasteiger partial charge < -0.3 is 18.6 Å². The summed E-state index contributed by atoms with van der Waals surface area (Å²) in [6.07, 6.45) is 5.10. The molecule has 0 saturated heterocycles. The largest absolute Gasteiger partial charge is 0.479 e. The summed E-state index contributed by atoms with van der Waals surface area (Å²) in [7, 11) is 0. The van der Waals surface area contributed by atoms with Gasteiger partial charge in [-0.1, -0.05) is 0 Å². The molecule has 0 bridgehead atoms. The highest BCUT2D eigenvalue weighted by Gasteiger charge is 2.31. The van der Waals surface area contributed by atoms with Gasteiger partial charge in [-0.05, 0) is 38.0 Å². The number of carbonyl (C=O) groups excluding carboxylic acids is 1. The van der Waals surface area contributed by atoms with E-state index in [2.05, 4.69) is 4.98 Å². The van der Waals surface area contributed by atoms with E-state index in [1.165, 1.54) is 0 Å². The van der Waals surface area contributed by atoms with Gasteiger partial charge in [0.25, 0.3) is 5.88 Å². The number of hydrogen-bond donors (Lipinski definition) is 0. The van der Waals surface area contributed by atoms with Gasteiger partial charge in [0.05, 0.1) is 18.8 Å². The molecule has 1 aliphatic carbocycles. The maximum Gasteiger partial charge on any atom is 0.374 e. The van der Waals surface area contributed by atoms with Crippen molar-refractivity contribution in [3.05, 3.63) is 47.2 Å². The Hall–Kier alpha value is -3.29. The maximum atomic E-state index is 12.2. The summed E-state index contributed by atoms with van der Waals surface area (Å²) in [4.78, 5) is 16.3. The Morgan fingerprint density at radius 3 is 3.14 bits per heavy atom. The monoisotopic (exact) mass is 395 g/mol. The number of pyridine rings is 1. The zero-order chi connectivity index (χ0) is 20.0. The van der Waals surface area contributed by atoms with Crippen LogP contribution in [0.3, 0.4) is 0 Å². The standard InChI is InChI=1S/C21H21N3O5/c1-3-26-21(25)19-12(2)17-15(29-19)7-6-13-9-24(23-18(13)17)10-14-11-27-20-16(28-14)5-4-8-22-20/h4-5,8-9,14H,3,6-7,10-11H2,1-2H3/t14-/m1/s1. The van der Waals surface area contributed by atoms with E-state index in [1.807, 2.05) is 29.9 Å². The average molecular weight is 395 g/mol. The van der Waals surface area contributed by atoms with Crippen molar-refractivity contribution in [2.75, 3.05) is 13.2 Å². The third-order valence-electron chi connectivity index (χ3n) is 5.20. The highest BCUT2D eigenvalue weighted by Crippen LogP contribution is 2.38. The molecule has 1 atom stereocenters. The molecule has 0 spiro atoms. The Labute approximate surface area is 167 Å². The molecule has 2 aliphatic rings. The first-order chi connectivity index (χ1) is 14.1. The Morgan fingerprint density at radius 2 is 2.28 bits per heavy atom. The van der Waals surface area contributed by atoms with Crippen LogP contribution in [0.4, 0.5) is 0 Å². The van der Waals surface area contributed by atoms with Crippen LogP contribution in [0.2, 0.25) is 0 Å². The number of hydrogen-bond acceptors (Lipinski definition) is 7. The van der Waals surface area contributed by atoms with Crippen molar-refractivity contribution in [2.24, 2.45) is 0 Å². The summed E-state index contributed by atoms with van der Waals surface area (Å²) < 4.78 is 24.5. The van der Waals surface area contributed by atoms with Crippen LogP contribution in [-0.4, -0.2) is 40.1 Å². The second-order valence-corrected chi connectivity index (χ2v) is 7.16. The summed E-state index contributed by atoms with van der Waals surface area (Å²) in [6.45, 7) is 4.94. The van der Waals surface area contributed by atoms with Crippen molar-refractivity contribution in [1.82, 2.24) is 14.8 Å². The number of aromatic nitrogens is 3. The second-order valence-electron chi connectivity index (χ2n) is 7.16. The lowest BCUT2D eigenvalue weighted by atomic mass is 9.94. The molecule has 29 heavy (non-hydrogen) atoms. The van der Waals surface area contributed by atoms with Gasteiger partial charge in [-0.3, -0.25) is 4.68 Å². The van der Waals surface area contributed by atoms with Gasteiger partial charge in [0.2, 0.25) is 5.76 Å². The number of rotatable bonds is 4. The third-order valence-corrected chi connectivity index (χ3v) is 5.20. The number of furan rings is 1. The van der Waals surface area contributed by atoms with Crippen molar-refractivity contribution in [2.45, 2.75) is 39.3 Å². The number of fused-ring (bicyclic) bond motifs is 4. The topological polar surface area (TPSA) is 88.6 Å². The van der Waals surface area contributed by atoms with Crippen LogP contribution in [0.25, 0.3) is 11.3 Å². The molecular weight excluding hydrogens is 374 g/mol. The van der Waals surface area contributed by atoms with Gasteiger partial charge in [0.15, 0.2) is 11.9 Å². The number of aryl methyl sites for hydroxylation is 2. The fourth-order valence-corrected chi connectivity index (χ4v) is 3.91. The molecule has 0 fully saturated rings. The second kappa shape index (κ2) is 6.95. The van der Waals surface area contributed by atoms with E-state index in [0.717, 1.165) is 41.0 Å². The molecule has 0 N–H and O–H groups in total. The molecule has 0 amide bonds. The Balaban J connectivity index is 1.40. The van der Waals surface area contributed by atoms with Crippen molar-refractivity contribution >= 4 is 5.97 Å². The van der Waals surface area contributed by atoms with Gasteiger partial charge in [-0.15, -0.1) is 0 Å². The zero-order valence-electron chi connectivity index (χ0n) is 16.3. The fourth-order valence-electron chi connectivity index (χ4n) is 3.91. The Bertz CT molecular complexity index is 1080. The summed E-state index contributed by atoms with van der Waals surface area (Å²) in [5.74, 6) is 1.80. The normalized spacial score (nSPS) is 16.8. The molecule has 0 unspecified atom stereocenters. The molecule has 4 heterocycles. The molecule has 0 aromatic carbocycles. The summed E-state index contributed by atoms with van der Waals surface area (Å²) in [5, 5.41) is 4.78. The minimum atomic E-state index is -0.430. The van der Waals surface area contributed by atoms with E-state index in [4.69, 9.17) is 23.7 Å². The van der Waals surface area contributed by atoms with E-state index in [-0.39, 0.29) is 11.9 Å². The minimum absolute atomic E-state index is 0.159. The molecule has 0 saturated carbocycles. The van der Waals surface area contributed by atoms with Crippen LogP contribution in [0.1, 0.15) is 34.4 Å². The molecule has 8 nitrogen and oxygen atoms in total. The summed E-state index contributed by atoms with van der Waals surface area (Å²) in [6, 6.07) is 3.67. The Kier molecular flexibility index (Phi) is 4.26. The summed E-state index contributed by atoms with van der Waals surface area (Å²) in [5.41, 5.74) is 3.68. The van der Waals surface area contributed by atoms with Gasteiger partial charge in [-0.25, -0.2) is 9.78 Å². The first-order valence-corrected chi connectivity index (χ1v) is 9.74. The highest BCUT2D eigenvalue weighted by atomic mass is 16.6. The van der Waals surface area contributed by atoms with Crippen molar-refractivity contribution in [1.29, 1.82) is 0 Å². The van der Waals surface area contributed by atoms with Gasteiger partial charge in [-0.2, -0.15) is 5.10 Å². The molecular formula is C21H21N3O5. The minimum Gasteiger partial charge on any atom is -0.479 e. The predicted octanol–water partition coefficient (Wildman–Crippen LogP) is 2.96. The number of esters is 1. The van der Waals surface area contributed by atoms with E-state index >= 15 is 0 Å². The van der Waals surface area contributed by atoms with Crippen LogP contribution in [0, 0.1) is 6.92 Å². The van der Waals surface area contributed by atoms with Crippen LogP contribution in [0.15, 0.2) is 28.9 Å². The average Bonchev–Trinajstić information content (AvgIpc) is 3.28. The third kappa shape index (κ3) is 3.04. The number of carbonyl (C=O) groups is 1. The smallest absolute Gasteiger partial charge is 0.374 e. The SMILES string of the molecule is CCOC(=O)c1oc2c(c1C)-c1nn(C[C@@H]3COc4ncccc4O3)cc1CC2. The predicted molar refractivity (Wildman–Crippen MR) is 102 cm³/mol. The lowest BCUT2D eigenvalue weighted by molar-refractivity contribution is 0.0487. The van der Waals surface area contributed by atoms with E-state index in [0.29, 0.717) is 31.4 Å². The molecule has 3 aromatic heterocycles. The fraction of sp³-hybridized carbons (Fsp3) is 0.381. The van der Waals surface area contributed by atoms with Crippen molar-refractivity contribution < 1.29 is 23.4 Å². The molecule has 5 rings (SSSR count). The maximum absolute atomic E-state index is 12.2. The van der Waals surface area contributed by atoms with Crippen molar-refractivity contribution in [3.8, 4) is 22.9 Å². The lowest BCUT2D eigenvalue weighted by Crippen LogP contribution is -2.33. The number of nitrogens with zero attached hydrogens (tertiary/aromatic N) is 3. The number of ether oxygens (including phenoxy) is 3. The first kappa shape index (κ1) is 17.8. The first-order valence-electron chi connectivity index (χ1n) is 9.74. The molecule has 0 radical (unpaired) electrons. The van der Waals surface area contributed by atoms with Crippen LogP contribution < -0.4 is 9.47 Å². The van der Waals surface area contributed by atoms with E-state index in [9.17, 15) is 4.79 Å². The summed E-state index contributed by atoms with van der Waals surface area (Å²) >= 11 is 0. The van der Waals surface area contributed by atoms with Gasteiger partial charge in [0, 0.05) is 29.9 Å². The molecule has 8 heteroatoms.